The number of nitrogens with zero attached hydrogens (tertiary/aromatic N) is 2. The molecule has 0 amide bonds. The molecule has 1 aromatic heterocycles. The fraction of sp³-hybridized carbons (Fsp3) is 0. The van der Waals surface area contributed by atoms with Crippen molar-refractivity contribution in [3.8, 4) is 11.3 Å². The summed E-state index contributed by atoms with van der Waals surface area (Å²) in [6.07, 6.45) is 1.82. The minimum absolute atomic E-state index is 0.00178. The van der Waals surface area contributed by atoms with Gasteiger partial charge in [0.15, 0.2) is 0 Å². The molecular formula is C18H10ClN2O3S2+. The highest BCUT2D eigenvalue weighted by molar-refractivity contribution is 8.05. The molecular weight excluding hydrogens is 392 g/mol. The van der Waals surface area contributed by atoms with Crippen LogP contribution >= 0.6 is 34.7 Å². The quantitative estimate of drug-likeness (QED) is 0.266. The van der Waals surface area contributed by atoms with Crippen molar-refractivity contribution in [3.05, 3.63) is 79.5 Å². The van der Waals surface area contributed by atoms with Crippen molar-refractivity contribution < 1.29 is 14.3 Å². The molecule has 1 aliphatic heterocycles. The molecule has 1 aliphatic rings. The van der Waals surface area contributed by atoms with Gasteiger partial charge in [-0.05, 0) is 29.8 Å². The second kappa shape index (κ2) is 6.68. The van der Waals surface area contributed by atoms with Crippen LogP contribution in [-0.2, 0) is 0 Å². The summed E-state index contributed by atoms with van der Waals surface area (Å²) in [5.41, 5.74) is 2.19. The maximum atomic E-state index is 12.9. The molecule has 0 radical (unpaired) electrons. The van der Waals surface area contributed by atoms with E-state index in [2.05, 4.69) is 0 Å². The predicted molar refractivity (Wildman–Crippen MR) is 103 cm³/mol. The molecule has 128 valence electrons. The summed E-state index contributed by atoms with van der Waals surface area (Å²) in [4.78, 5) is 24.0. The average Bonchev–Trinajstić information content (AvgIpc) is 3.18. The molecule has 0 bridgehead atoms. The van der Waals surface area contributed by atoms with E-state index >= 15 is 0 Å². The third kappa shape index (κ3) is 3.05. The number of hydrogen-bond donors (Lipinski definition) is 0. The Hall–Kier alpha value is -2.48. The third-order valence-corrected chi connectivity index (χ3v) is 6.21. The van der Waals surface area contributed by atoms with Crippen LogP contribution in [0.15, 0.2) is 63.2 Å². The van der Waals surface area contributed by atoms with Gasteiger partial charge in [-0.15, -0.1) is 4.57 Å². The largest absolute Gasteiger partial charge is 0.433 e. The van der Waals surface area contributed by atoms with Gasteiger partial charge in [-0.25, -0.2) is 4.79 Å². The number of thiazole rings is 1. The highest BCUT2D eigenvalue weighted by Crippen LogP contribution is 2.38. The molecule has 0 N–H and O–H groups in total. The van der Waals surface area contributed by atoms with E-state index in [4.69, 9.17) is 11.6 Å². The van der Waals surface area contributed by atoms with Gasteiger partial charge in [0.05, 0.1) is 15.9 Å². The number of carbonyl (C=O) groups is 1. The first kappa shape index (κ1) is 17.0. The van der Waals surface area contributed by atoms with Crippen molar-refractivity contribution in [2.24, 2.45) is 0 Å². The number of thioether (sulfide) groups is 1. The highest BCUT2D eigenvalue weighted by atomic mass is 35.5. The Bertz CT molecular complexity index is 1070. The minimum atomic E-state index is -0.441. The molecule has 0 atom stereocenters. The topological polar surface area (TPSA) is 64.1 Å². The fourth-order valence-corrected chi connectivity index (χ4v) is 4.90. The van der Waals surface area contributed by atoms with Gasteiger partial charge in [0, 0.05) is 28.9 Å². The van der Waals surface area contributed by atoms with Crippen LogP contribution < -0.4 is 4.57 Å². The van der Waals surface area contributed by atoms with E-state index in [-0.39, 0.29) is 11.6 Å². The van der Waals surface area contributed by atoms with Gasteiger partial charge in [0.2, 0.25) is 5.69 Å². The first-order valence-electron chi connectivity index (χ1n) is 7.51. The first-order valence-corrected chi connectivity index (χ1v) is 9.58. The molecule has 26 heavy (non-hydrogen) atoms. The van der Waals surface area contributed by atoms with Crippen LogP contribution in [-0.4, -0.2) is 10.8 Å². The Morgan fingerprint density at radius 3 is 2.65 bits per heavy atom. The second-order valence-corrected chi connectivity index (χ2v) is 8.08. The Morgan fingerprint density at radius 1 is 1.15 bits per heavy atom. The van der Waals surface area contributed by atoms with Crippen LogP contribution in [0.3, 0.4) is 0 Å². The first-order chi connectivity index (χ1) is 12.5. The van der Waals surface area contributed by atoms with Crippen LogP contribution in [0.1, 0.15) is 10.4 Å². The number of aromatic nitrogens is 1. The lowest BCUT2D eigenvalue weighted by atomic mass is 10.1. The van der Waals surface area contributed by atoms with Gasteiger partial charge in [-0.3, -0.25) is 10.1 Å². The number of benzene rings is 2. The van der Waals surface area contributed by atoms with Gasteiger partial charge < -0.3 is 0 Å². The smallest absolute Gasteiger partial charge is 0.258 e. The van der Waals surface area contributed by atoms with Crippen LogP contribution in [0, 0.1) is 10.1 Å². The van der Waals surface area contributed by atoms with Crippen molar-refractivity contribution in [2.45, 2.75) is 4.34 Å². The summed E-state index contributed by atoms with van der Waals surface area (Å²) in [5.74, 6) is -0.136. The number of carbonyl (C=O) groups excluding carboxylic acids is 1. The monoisotopic (exact) mass is 401 g/mol. The van der Waals surface area contributed by atoms with Gasteiger partial charge >= 0.3 is 10.2 Å². The molecule has 0 unspecified atom stereocenters. The molecule has 0 fully saturated rings. The number of hydrogen-bond acceptors (Lipinski definition) is 5. The Morgan fingerprint density at radius 2 is 1.92 bits per heavy atom. The fourth-order valence-electron chi connectivity index (χ4n) is 2.60. The molecule has 2 heterocycles. The Balaban J connectivity index is 1.72. The maximum Gasteiger partial charge on any atom is 0.433 e. The summed E-state index contributed by atoms with van der Waals surface area (Å²) < 4.78 is 2.44. The molecule has 2 aromatic carbocycles. The van der Waals surface area contributed by atoms with E-state index in [0.29, 0.717) is 21.2 Å². The summed E-state index contributed by atoms with van der Waals surface area (Å²) in [6.45, 7) is 0. The molecule has 4 rings (SSSR count). The Labute approximate surface area is 161 Å². The molecule has 5 nitrogen and oxygen atoms in total. The van der Waals surface area contributed by atoms with Crippen LogP contribution in [0.25, 0.3) is 17.3 Å². The van der Waals surface area contributed by atoms with Crippen molar-refractivity contribution in [2.75, 3.05) is 0 Å². The lowest BCUT2D eigenvalue weighted by Gasteiger charge is -1.96. The van der Waals surface area contributed by atoms with Gasteiger partial charge in [-0.1, -0.05) is 41.1 Å². The number of nitro groups is 1. The zero-order valence-electron chi connectivity index (χ0n) is 13.1. The van der Waals surface area contributed by atoms with Crippen LogP contribution in [0.2, 0.25) is 5.02 Å². The molecule has 0 spiro atoms. The number of halogens is 1. The zero-order valence-corrected chi connectivity index (χ0v) is 15.5. The van der Waals surface area contributed by atoms with Gasteiger partial charge in [0.1, 0.15) is 4.91 Å². The summed E-state index contributed by atoms with van der Waals surface area (Å²) >= 11 is 8.73. The van der Waals surface area contributed by atoms with E-state index in [9.17, 15) is 14.9 Å². The van der Waals surface area contributed by atoms with E-state index in [0.717, 1.165) is 9.90 Å². The molecule has 0 aliphatic carbocycles. The Kier molecular flexibility index (Phi) is 4.36. The number of rotatable bonds is 3. The highest BCUT2D eigenvalue weighted by Gasteiger charge is 2.40. The number of non-ortho nitro benzene ring substituents is 1. The van der Waals surface area contributed by atoms with E-state index in [1.165, 1.54) is 35.2 Å². The zero-order chi connectivity index (χ0) is 18.3. The maximum absolute atomic E-state index is 12.9. The SMILES string of the molecule is O=C1/C(=C\c2ccc(Cl)cc2)Sc2scc(-c3cccc([N+](=O)[O-])c3)[n+]21. The molecule has 3 aromatic rings. The predicted octanol–water partition coefficient (Wildman–Crippen LogP) is 5.05. The molecule has 8 heteroatoms. The molecule has 0 saturated heterocycles. The van der Waals surface area contributed by atoms with Crippen molar-refractivity contribution in [1.29, 1.82) is 0 Å². The lowest BCUT2D eigenvalue weighted by Crippen LogP contribution is -2.40. The lowest BCUT2D eigenvalue weighted by molar-refractivity contribution is -0.588. The summed E-state index contributed by atoms with van der Waals surface area (Å²) in [7, 11) is 0. The van der Waals surface area contributed by atoms with Crippen molar-refractivity contribution >= 4 is 52.4 Å². The number of nitro benzene ring substituents is 1. The van der Waals surface area contributed by atoms with Crippen LogP contribution in [0.5, 0.6) is 0 Å². The normalized spacial score (nSPS) is 14.7. The standard InChI is InChI=1S/C18H10ClN2O3S2/c19-13-6-4-11(5-7-13)8-16-17(22)20-15(10-25-18(20)26-16)12-2-1-3-14(9-12)21(23)24/h1-10H/q+1/b16-8+. The average molecular weight is 402 g/mol. The number of allylic oxidation sites excluding steroid dienone is 1. The summed E-state index contributed by atoms with van der Waals surface area (Å²) in [6, 6.07) is 13.5. The number of fused-ring (bicyclic) bond motifs is 1. The van der Waals surface area contributed by atoms with Gasteiger partial charge in [0.25, 0.3) is 5.69 Å². The van der Waals surface area contributed by atoms with Crippen LogP contribution in [0.4, 0.5) is 5.69 Å². The minimum Gasteiger partial charge on any atom is -0.258 e. The van der Waals surface area contributed by atoms with E-state index in [1.54, 1.807) is 28.8 Å². The van der Waals surface area contributed by atoms with E-state index < -0.39 is 4.92 Å². The second-order valence-electron chi connectivity index (χ2n) is 5.50. The molecule has 0 saturated carbocycles. The third-order valence-electron chi connectivity index (χ3n) is 3.83. The van der Waals surface area contributed by atoms with Gasteiger partial charge in [-0.2, -0.15) is 0 Å². The summed E-state index contributed by atoms with van der Waals surface area (Å²) in [5, 5.41) is 13.5. The van der Waals surface area contributed by atoms with Crippen molar-refractivity contribution in [1.82, 2.24) is 0 Å². The van der Waals surface area contributed by atoms with E-state index in [1.807, 2.05) is 23.6 Å². The van der Waals surface area contributed by atoms with Crippen molar-refractivity contribution in [3.63, 3.8) is 0 Å².